The lowest BCUT2D eigenvalue weighted by Gasteiger charge is -2.07. The lowest BCUT2D eigenvalue weighted by Crippen LogP contribution is -2.40. The van der Waals surface area contributed by atoms with Crippen molar-refractivity contribution < 1.29 is 14.3 Å². The van der Waals surface area contributed by atoms with Crippen molar-refractivity contribution in [1.82, 2.24) is 10.6 Å². The maximum Gasteiger partial charge on any atom is 0.309 e. The Balaban J connectivity index is 2.23. The summed E-state index contributed by atoms with van der Waals surface area (Å²) in [5.74, 6) is -1.29. The first kappa shape index (κ1) is 16.5. The molecule has 6 heteroatoms. The summed E-state index contributed by atoms with van der Waals surface area (Å²) in [6, 6.07) is 7.10. The number of amides is 2. The van der Waals surface area contributed by atoms with Gasteiger partial charge in [-0.2, -0.15) is 0 Å². The summed E-state index contributed by atoms with van der Waals surface area (Å²) in [7, 11) is 0. The van der Waals surface area contributed by atoms with Crippen LogP contribution in [0.15, 0.2) is 24.3 Å². The Hall–Kier alpha value is -1.59. The minimum atomic E-state index is -0.651. The zero-order valence-corrected chi connectivity index (χ0v) is 12.2. The first-order valence-corrected chi connectivity index (χ1v) is 6.89. The van der Waals surface area contributed by atoms with Crippen LogP contribution in [0, 0.1) is 0 Å². The fraction of sp³-hybridized carbons (Fsp3) is 0.429. The van der Waals surface area contributed by atoms with Gasteiger partial charge < -0.3 is 15.4 Å². The molecule has 0 aliphatic rings. The second-order valence-corrected chi connectivity index (χ2v) is 4.56. The zero-order valence-electron chi connectivity index (χ0n) is 11.4. The van der Waals surface area contributed by atoms with Gasteiger partial charge in [0.1, 0.15) is 0 Å². The van der Waals surface area contributed by atoms with Gasteiger partial charge in [0, 0.05) is 31.3 Å². The number of carbonyl (C=O) groups is 2. The van der Waals surface area contributed by atoms with Gasteiger partial charge in [-0.25, -0.2) is 0 Å². The van der Waals surface area contributed by atoms with Crippen molar-refractivity contribution in [2.45, 2.75) is 19.9 Å². The highest BCUT2D eigenvalue weighted by Crippen LogP contribution is 2.10. The molecule has 1 aromatic carbocycles. The van der Waals surface area contributed by atoms with E-state index in [4.69, 9.17) is 16.3 Å². The van der Waals surface area contributed by atoms with Crippen LogP contribution >= 0.6 is 11.6 Å². The van der Waals surface area contributed by atoms with Gasteiger partial charge in [-0.3, -0.25) is 9.59 Å². The third-order valence-corrected chi connectivity index (χ3v) is 2.74. The molecule has 0 aliphatic heterocycles. The number of hydrogen-bond acceptors (Lipinski definition) is 3. The first-order chi connectivity index (χ1) is 9.63. The maximum absolute atomic E-state index is 11.5. The van der Waals surface area contributed by atoms with E-state index < -0.39 is 11.8 Å². The number of rotatable bonds is 7. The molecule has 110 valence electrons. The Bertz CT molecular complexity index is 452. The molecule has 0 aromatic heterocycles. The highest BCUT2D eigenvalue weighted by Gasteiger charge is 2.11. The van der Waals surface area contributed by atoms with Crippen LogP contribution in [0.4, 0.5) is 0 Å². The number of carbonyl (C=O) groups excluding carboxylic acids is 2. The second kappa shape index (κ2) is 9.34. The topological polar surface area (TPSA) is 67.4 Å². The van der Waals surface area contributed by atoms with E-state index in [1.165, 1.54) is 0 Å². The summed E-state index contributed by atoms with van der Waals surface area (Å²) in [5.41, 5.74) is 0.843. The number of benzene rings is 1. The summed E-state index contributed by atoms with van der Waals surface area (Å²) in [4.78, 5) is 23.0. The molecule has 2 N–H and O–H groups in total. The maximum atomic E-state index is 11.5. The zero-order chi connectivity index (χ0) is 14.8. The molecule has 0 bridgehead atoms. The smallest absolute Gasteiger partial charge is 0.309 e. The van der Waals surface area contributed by atoms with Gasteiger partial charge in [0.2, 0.25) is 0 Å². The van der Waals surface area contributed by atoms with Crippen molar-refractivity contribution in [3.8, 4) is 0 Å². The average Bonchev–Trinajstić information content (AvgIpc) is 2.44. The molecule has 0 heterocycles. The summed E-state index contributed by atoms with van der Waals surface area (Å²) in [6.07, 6.45) is 0.682. The van der Waals surface area contributed by atoms with Crippen LogP contribution in [0.25, 0.3) is 0 Å². The molecule has 0 atom stereocenters. The van der Waals surface area contributed by atoms with E-state index in [1.54, 1.807) is 18.2 Å². The summed E-state index contributed by atoms with van der Waals surface area (Å²) < 4.78 is 5.13. The Morgan fingerprint density at radius 3 is 2.70 bits per heavy atom. The molecular weight excluding hydrogens is 280 g/mol. The van der Waals surface area contributed by atoms with Gasteiger partial charge in [-0.15, -0.1) is 0 Å². The highest BCUT2D eigenvalue weighted by atomic mass is 35.5. The van der Waals surface area contributed by atoms with Crippen LogP contribution in [0.5, 0.6) is 0 Å². The molecule has 0 spiro atoms. The molecule has 0 saturated heterocycles. The Kier molecular flexibility index (Phi) is 7.69. The number of ether oxygens (including phenoxy) is 1. The number of halogens is 1. The molecule has 5 nitrogen and oxygen atoms in total. The SMILES string of the molecule is CCOCCCNC(=O)C(=O)NCc1cccc(Cl)c1. The molecule has 0 radical (unpaired) electrons. The molecule has 1 aromatic rings. The van der Waals surface area contributed by atoms with Crippen LogP contribution in [0.1, 0.15) is 18.9 Å². The lowest BCUT2D eigenvalue weighted by molar-refractivity contribution is -0.139. The van der Waals surface area contributed by atoms with Gasteiger partial charge in [-0.05, 0) is 31.0 Å². The van der Waals surface area contributed by atoms with Crippen LogP contribution in [0.2, 0.25) is 5.02 Å². The van der Waals surface area contributed by atoms with E-state index in [1.807, 2.05) is 13.0 Å². The third-order valence-electron chi connectivity index (χ3n) is 2.50. The largest absolute Gasteiger partial charge is 0.382 e. The minimum absolute atomic E-state index is 0.270. The molecule has 0 saturated carbocycles. The van der Waals surface area contributed by atoms with Gasteiger partial charge in [-0.1, -0.05) is 23.7 Å². The Morgan fingerprint density at radius 2 is 2.00 bits per heavy atom. The predicted molar refractivity (Wildman–Crippen MR) is 77.4 cm³/mol. The normalized spacial score (nSPS) is 10.1. The van der Waals surface area contributed by atoms with Crippen molar-refractivity contribution in [3.63, 3.8) is 0 Å². The molecule has 20 heavy (non-hydrogen) atoms. The fourth-order valence-electron chi connectivity index (χ4n) is 1.51. The highest BCUT2D eigenvalue weighted by molar-refractivity contribution is 6.35. The lowest BCUT2D eigenvalue weighted by atomic mass is 10.2. The first-order valence-electron chi connectivity index (χ1n) is 6.51. The van der Waals surface area contributed by atoms with E-state index in [0.717, 1.165) is 5.56 Å². The van der Waals surface area contributed by atoms with Crippen LogP contribution < -0.4 is 10.6 Å². The van der Waals surface area contributed by atoms with Gasteiger partial charge in [0.25, 0.3) is 0 Å². The van der Waals surface area contributed by atoms with E-state index >= 15 is 0 Å². The summed E-state index contributed by atoms with van der Waals surface area (Å²) in [5, 5.41) is 5.66. The summed E-state index contributed by atoms with van der Waals surface area (Å²) >= 11 is 5.83. The van der Waals surface area contributed by atoms with E-state index in [0.29, 0.717) is 31.2 Å². The fourth-order valence-corrected chi connectivity index (χ4v) is 1.72. The van der Waals surface area contributed by atoms with Crippen LogP contribution in [-0.4, -0.2) is 31.6 Å². The number of nitrogens with one attached hydrogen (secondary N) is 2. The van der Waals surface area contributed by atoms with Crippen molar-refractivity contribution in [2.24, 2.45) is 0 Å². The van der Waals surface area contributed by atoms with Crippen molar-refractivity contribution in [1.29, 1.82) is 0 Å². The van der Waals surface area contributed by atoms with E-state index in [-0.39, 0.29) is 6.54 Å². The van der Waals surface area contributed by atoms with Crippen molar-refractivity contribution in [3.05, 3.63) is 34.9 Å². The average molecular weight is 299 g/mol. The standard InChI is InChI=1S/C14H19ClN2O3/c1-2-20-8-4-7-16-13(18)14(19)17-10-11-5-3-6-12(15)9-11/h3,5-6,9H,2,4,7-8,10H2,1H3,(H,16,18)(H,17,19). The van der Waals surface area contributed by atoms with E-state index in [2.05, 4.69) is 10.6 Å². The molecule has 1 rings (SSSR count). The molecule has 0 unspecified atom stereocenters. The number of hydrogen-bond donors (Lipinski definition) is 2. The predicted octanol–water partition coefficient (Wildman–Crippen LogP) is 1.50. The quantitative estimate of drug-likeness (QED) is 0.592. The Morgan fingerprint density at radius 1 is 1.25 bits per heavy atom. The molecular formula is C14H19ClN2O3. The molecule has 2 amide bonds. The summed E-state index contributed by atoms with van der Waals surface area (Å²) in [6.45, 7) is 3.81. The minimum Gasteiger partial charge on any atom is -0.382 e. The van der Waals surface area contributed by atoms with Crippen LogP contribution in [-0.2, 0) is 20.9 Å². The second-order valence-electron chi connectivity index (χ2n) is 4.12. The molecule has 0 aliphatic carbocycles. The van der Waals surface area contributed by atoms with Gasteiger partial charge in [0.15, 0.2) is 0 Å². The monoisotopic (exact) mass is 298 g/mol. The van der Waals surface area contributed by atoms with Gasteiger partial charge in [0.05, 0.1) is 0 Å². The van der Waals surface area contributed by atoms with Crippen LogP contribution in [0.3, 0.4) is 0 Å². The Labute approximate surface area is 123 Å². The third kappa shape index (κ3) is 6.54. The van der Waals surface area contributed by atoms with Gasteiger partial charge >= 0.3 is 11.8 Å². The van der Waals surface area contributed by atoms with Crippen molar-refractivity contribution >= 4 is 23.4 Å². The van der Waals surface area contributed by atoms with Crippen molar-refractivity contribution in [2.75, 3.05) is 19.8 Å². The van der Waals surface area contributed by atoms with E-state index in [9.17, 15) is 9.59 Å². The molecule has 0 fully saturated rings.